The van der Waals surface area contributed by atoms with Crippen molar-refractivity contribution in [2.24, 2.45) is 0 Å². The fourth-order valence-corrected chi connectivity index (χ4v) is 3.39. The summed E-state index contributed by atoms with van der Waals surface area (Å²) in [6.07, 6.45) is 2.30. The minimum absolute atomic E-state index is 0.169. The van der Waals surface area contributed by atoms with Crippen molar-refractivity contribution in [3.63, 3.8) is 0 Å². The van der Waals surface area contributed by atoms with Gasteiger partial charge in [0.05, 0.1) is 4.90 Å². The summed E-state index contributed by atoms with van der Waals surface area (Å²) in [6.45, 7) is 3.51. The number of amides is 1. The summed E-state index contributed by atoms with van der Waals surface area (Å²) >= 11 is 0. The van der Waals surface area contributed by atoms with Crippen LogP contribution >= 0.6 is 0 Å². The Morgan fingerprint density at radius 2 is 2.00 bits per heavy atom. The second-order valence-electron chi connectivity index (χ2n) is 5.06. The summed E-state index contributed by atoms with van der Waals surface area (Å²) in [5, 5.41) is 5.84. The number of anilines is 1. The first-order chi connectivity index (χ1) is 10.0. The van der Waals surface area contributed by atoms with Gasteiger partial charge in [-0.15, -0.1) is 0 Å². The van der Waals surface area contributed by atoms with Crippen LogP contribution in [0.3, 0.4) is 0 Å². The zero-order valence-corrected chi connectivity index (χ0v) is 12.9. The topological polar surface area (TPSA) is 87.3 Å². The molecule has 2 rings (SSSR count). The van der Waals surface area contributed by atoms with E-state index >= 15 is 0 Å². The summed E-state index contributed by atoms with van der Waals surface area (Å²) in [6, 6.07) is 5.86. The third kappa shape index (κ3) is 4.18. The van der Waals surface area contributed by atoms with Crippen molar-refractivity contribution in [3.8, 4) is 0 Å². The standard InChI is InChI=1S/C14H21N3O3S/c1-2-9-15-11-5-7-12(8-6-11)21(19,20)17-13-4-3-10-16-14(13)18/h5-8,13,15,17H,2-4,9-10H2,1H3,(H,16,18). The Morgan fingerprint density at radius 3 is 2.62 bits per heavy atom. The van der Waals surface area contributed by atoms with Gasteiger partial charge in [0.15, 0.2) is 0 Å². The lowest BCUT2D eigenvalue weighted by atomic mass is 10.1. The molecule has 1 aromatic rings. The average molecular weight is 311 g/mol. The average Bonchev–Trinajstić information content (AvgIpc) is 2.48. The minimum Gasteiger partial charge on any atom is -0.385 e. The highest BCUT2D eigenvalue weighted by molar-refractivity contribution is 7.89. The van der Waals surface area contributed by atoms with Crippen molar-refractivity contribution in [3.05, 3.63) is 24.3 Å². The maximum atomic E-state index is 12.3. The van der Waals surface area contributed by atoms with Crippen molar-refractivity contribution >= 4 is 21.6 Å². The third-order valence-corrected chi connectivity index (χ3v) is 4.81. The van der Waals surface area contributed by atoms with Crippen LogP contribution in [0.5, 0.6) is 0 Å². The van der Waals surface area contributed by atoms with Gasteiger partial charge in [-0.25, -0.2) is 8.42 Å². The van der Waals surface area contributed by atoms with E-state index in [1.165, 1.54) is 0 Å². The number of carbonyl (C=O) groups excluding carboxylic acids is 1. The number of rotatable bonds is 6. The van der Waals surface area contributed by atoms with Crippen molar-refractivity contribution < 1.29 is 13.2 Å². The van der Waals surface area contributed by atoms with Gasteiger partial charge in [-0.3, -0.25) is 4.79 Å². The van der Waals surface area contributed by atoms with Crippen LogP contribution in [0.4, 0.5) is 5.69 Å². The lowest BCUT2D eigenvalue weighted by Gasteiger charge is -2.22. The second kappa shape index (κ2) is 6.91. The van der Waals surface area contributed by atoms with Gasteiger partial charge in [-0.05, 0) is 43.5 Å². The highest BCUT2D eigenvalue weighted by Crippen LogP contribution is 2.15. The molecule has 0 spiro atoms. The van der Waals surface area contributed by atoms with Gasteiger partial charge in [0.1, 0.15) is 6.04 Å². The first-order valence-corrected chi connectivity index (χ1v) is 8.65. The van der Waals surface area contributed by atoms with Crippen molar-refractivity contribution in [1.29, 1.82) is 0 Å². The van der Waals surface area contributed by atoms with Crippen molar-refractivity contribution in [2.75, 3.05) is 18.4 Å². The Hall–Kier alpha value is -1.60. The third-order valence-electron chi connectivity index (χ3n) is 3.33. The predicted octanol–water partition coefficient (Wildman–Crippen LogP) is 1.07. The van der Waals surface area contributed by atoms with Gasteiger partial charge < -0.3 is 10.6 Å². The van der Waals surface area contributed by atoms with E-state index in [-0.39, 0.29) is 10.8 Å². The molecule has 1 heterocycles. The predicted molar refractivity (Wildman–Crippen MR) is 81.6 cm³/mol. The lowest BCUT2D eigenvalue weighted by molar-refractivity contribution is -0.124. The largest absolute Gasteiger partial charge is 0.385 e. The molecule has 0 aliphatic carbocycles. The molecule has 116 valence electrons. The van der Waals surface area contributed by atoms with Gasteiger partial charge >= 0.3 is 0 Å². The fraction of sp³-hybridized carbons (Fsp3) is 0.500. The van der Waals surface area contributed by atoms with Crippen LogP contribution in [-0.2, 0) is 14.8 Å². The Morgan fingerprint density at radius 1 is 1.29 bits per heavy atom. The first-order valence-electron chi connectivity index (χ1n) is 7.17. The molecule has 3 N–H and O–H groups in total. The summed E-state index contributed by atoms with van der Waals surface area (Å²) in [5.41, 5.74) is 0.881. The highest BCUT2D eigenvalue weighted by Gasteiger charge is 2.27. The number of carbonyl (C=O) groups is 1. The molecular formula is C14H21N3O3S. The maximum Gasteiger partial charge on any atom is 0.241 e. The maximum absolute atomic E-state index is 12.3. The summed E-state index contributed by atoms with van der Waals surface area (Å²) < 4.78 is 27.0. The second-order valence-corrected chi connectivity index (χ2v) is 6.77. The van der Waals surface area contributed by atoms with Gasteiger partial charge in [0.25, 0.3) is 0 Å². The minimum atomic E-state index is -3.67. The molecule has 7 heteroatoms. The van der Waals surface area contributed by atoms with E-state index in [1.807, 2.05) is 0 Å². The van der Waals surface area contributed by atoms with Crippen LogP contribution in [0.25, 0.3) is 0 Å². The number of hydrogen-bond donors (Lipinski definition) is 3. The molecule has 0 aromatic heterocycles. The van der Waals surface area contributed by atoms with Crippen LogP contribution in [0.2, 0.25) is 0 Å². The van der Waals surface area contributed by atoms with Gasteiger partial charge in [0, 0.05) is 18.8 Å². The van der Waals surface area contributed by atoms with Crippen LogP contribution in [0.15, 0.2) is 29.2 Å². The number of benzene rings is 1. The van der Waals surface area contributed by atoms with Crippen molar-refractivity contribution in [2.45, 2.75) is 37.1 Å². The molecule has 0 radical (unpaired) electrons. The van der Waals surface area contributed by atoms with E-state index in [1.54, 1.807) is 24.3 Å². The Kier molecular flexibility index (Phi) is 5.19. The monoisotopic (exact) mass is 311 g/mol. The van der Waals surface area contributed by atoms with E-state index in [4.69, 9.17) is 0 Å². The number of sulfonamides is 1. The normalized spacial score (nSPS) is 19.1. The van der Waals surface area contributed by atoms with Crippen molar-refractivity contribution in [1.82, 2.24) is 10.0 Å². The zero-order chi connectivity index (χ0) is 15.3. The highest BCUT2D eigenvalue weighted by atomic mass is 32.2. The summed E-state index contributed by atoms with van der Waals surface area (Å²) in [7, 11) is -3.67. The molecule has 1 atom stereocenters. The summed E-state index contributed by atoms with van der Waals surface area (Å²) in [5.74, 6) is -0.258. The molecule has 1 amide bonds. The van der Waals surface area contributed by atoms with Gasteiger partial charge in [-0.2, -0.15) is 4.72 Å². The molecule has 21 heavy (non-hydrogen) atoms. The first kappa shape index (κ1) is 15.8. The molecule has 1 aliphatic heterocycles. The van der Waals surface area contributed by atoms with E-state index < -0.39 is 16.1 Å². The molecule has 1 unspecified atom stereocenters. The molecule has 1 fully saturated rings. The van der Waals surface area contributed by atoms with E-state index in [0.717, 1.165) is 25.1 Å². The summed E-state index contributed by atoms with van der Waals surface area (Å²) in [4.78, 5) is 11.8. The zero-order valence-electron chi connectivity index (χ0n) is 12.1. The molecule has 0 saturated carbocycles. The molecule has 1 saturated heterocycles. The molecular weight excluding hydrogens is 290 g/mol. The Labute approximate surface area is 125 Å². The molecule has 1 aliphatic rings. The van der Waals surface area contributed by atoms with Crippen LogP contribution in [-0.4, -0.2) is 33.5 Å². The van der Waals surface area contributed by atoms with E-state index in [2.05, 4.69) is 22.3 Å². The van der Waals surface area contributed by atoms with Crippen LogP contribution < -0.4 is 15.4 Å². The Bertz CT molecular complexity index is 584. The van der Waals surface area contributed by atoms with E-state index in [0.29, 0.717) is 13.0 Å². The Balaban J connectivity index is 2.06. The number of hydrogen-bond acceptors (Lipinski definition) is 4. The smallest absolute Gasteiger partial charge is 0.241 e. The lowest BCUT2D eigenvalue weighted by Crippen LogP contribution is -2.50. The van der Waals surface area contributed by atoms with Crippen LogP contribution in [0, 0.1) is 0 Å². The number of piperidine rings is 1. The van der Waals surface area contributed by atoms with Gasteiger partial charge in [-0.1, -0.05) is 6.92 Å². The van der Waals surface area contributed by atoms with E-state index in [9.17, 15) is 13.2 Å². The molecule has 0 bridgehead atoms. The molecule has 1 aromatic carbocycles. The van der Waals surface area contributed by atoms with Crippen LogP contribution in [0.1, 0.15) is 26.2 Å². The van der Waals surface area contributed by atoms with Gasteiger partial charge in [0.2, 0.25) is 15.9 Å². The number of nitrogens with one attached hydrogen (secondary N) is 3. The SMILES string of the molecule is CCCNc1ccc(S(=O)(=O)NC2CCCNC2=O)cc1. The fourth-order valence-electron chi connectivity index (χ4n) is 2.16. The quantitative estimate of drug-likeness (QED) is 0.733. The molecule has 6 nitrogen and oxygen atoms in total.